The topological polar surface area (TPSA) is 73.4 Å². The number of amides is 1. The largest absolute Gasteiger partial charge is 0.416 e. The second kappa shape index (κ2) is 13.0. The Morgan fingerprint density at radius 2 is 1.90 bits per heavy atom. The number of rotatable bonds is 5. The van der Waals surface area contributed by atoms with E-state index in [2.05, 4.69) is 37.3 Å². The van der Waals surface area contributed by atoms with Crippen LogP contribution in [0.2, 0.25) is 0 Å². The highest BCUT2D eigenvalue weighted by atomic mass is 19.4. The Kier molecular flexibility index (Phi) is 9.21. The second-order valence-corrected chi connectivity index (χ2v) is 11.0. The van der Waals surface area contributed by atoms with Gasteiger partial charge < -0.3 is 15.5 Å². The third kappa shape index (κ3) is 7.53. The van der Waals surface area contributed by atoms with Crippen LogP contribution in [-0.4, -0.2) is 72.0 Å². The lowest BCUT2D eigenvalue weighted by Crippen LogP contribution is -2.44. The number of likely N-dealkylation sites (N-methyl/N-ethyl adjacent to an activating group) is 1. The summed E-state index contributed by atoms with van der Waals surface area (Å²) in [4.78, 5) is 26.2. The summed E-state index contributed by atoms with van der Waals surface area (Å²) in [5, 5.41) is 6.02. The summed E-state index contributed by atoms with van der Waals surface area (Å²) >= 11 is 0. The number of anilines is 1. The molecule has 2 aromatic carbocycles. The quantitative estimate of drug-likeness (QED) is 0.431. The summed E-state index contributed by atoms with van der Waals surface area (Å²) in [5.74, 6) is 6.30. The van der Waals surface area contributed by atoms with Gasteiger partial charge in [-0.15, -0.1) is 0 Å². The van der Waals surface area contributed by atoms with E-state index in [0.717, 1.165) is 56.3 Å². The van der Waals surface area contributed by atoms with Crippen molar-refractivity contribution < 1.29 is 18.0 Å². The minimum atomic E-state index is -4.54. The molecule has 2 fully saturated rings. The molecule has 5 rings (SSSR count). The number of alkyl halides is 3. The van der Waals surface area contributed by atoms with Crippen LogP contribution in [0, 0.1) is 18.8 Å². The molecule has 2 aliphatic rings. The Labute approximate surface area is 244 Å². The molecular weight excluding hydrogens is 541 g/mol. The van der Waals surface area contributed by atoms with Crippen LogP contribution in [0.15, 0.2) is 48.7 Å². The number of nitrogens with zero attached hydrogens (tertiary/aromatic N) is 4. The highest BCUT2D eigenvalue weighted by Crippen LogP contribution is 2.35. The number of benzene rings is 2. The third-order valence-electron chi connectivity index (χ3n) is 7.86. The number of piperidine rings is 1. The zero-order valence-electron chi connectivity index (χ0n) is 23.9. The third-order valence-corrected chi connectivity index (χ3v) is 7.86. The number of piperazine rings is 1. The fourth-order valence-corrected chi connectivity index (χ4v) is 5.29. The van der Waals surface area contributed by atoms with Crippen molar-refractivity contribution in [1.82, 2.24) is 25.1 Å². The van der Waals surface area contributed by atoms with E-state index < -0.39 is 17.6 Å². The lowest BCUT2D eigenvalue weighted by atomic mass is 9.96. The van der Waals surface area contributed by atoms with Crippen molar-refractivity contribution >= 4 is 11.6 Å². The first-order valence-electron chi connectivity index (χ1n) is 14.2. The van der Waals surface area contributed by atoms with Gasteiger partial charge in [0.2, 0.25) is 5.82 Å². The molecule has 1 unspecified atom stereocenters. The number of hydrogen-bond donors (Lipinski definition) is 2. The van der Waals surface area contributed by atoms with Gasteiger partial charge in [-0.2, -0.15) is 13.2 Å². The van der Waals surface area contributed by atoms with E-state index in [1.54, 1.807) is 24.4 Å². The molecule has 1 amide bonds. The van der Waals surface area contributed by atoms with Crippen molar-refractivity contribution in [2.75, 3.05) is 51.6 Å². The van der Waals surface area contributed by atoms with Crippen molar-refractivity contribution in [3.8, 4) is 11.8 Å². The summed E-state index contributed by atoms with van der Waals surface area (Å²) in [7, 11) is 2.00. The van der Waals surface area contributed by atoms with Crippen molar-refractivity contribution in [2.45, 2.75) is 38.4 Å². The first kappa shape index (κ1) is 29.7. The normalized spacial score (nSPS) is 18.3. The van der Waals surface area contributed by atoms with E-state index >= 15 is 0 Å². The molecule has 0 saturated carbocycles. The van der Waals surface area contributed by atoms with Gasteiger partial charge in [-0.3, -0.25) is 9.69 Å². The number of carbonyl (C=O) groups is 1. The Hall–Kier alpha value is -3.78. The smallest absolute Gasteiger partial charge is 0.322 e. The number of nitrogens with one attached hydrogen (secondary N) is 2. The van der Waals surface area contributed by atoms with Gasteiger partial charge in [0.15, 0.2) is 0 Å². The standard InChI is InChI=1S/C32H35F3N6O/c1-22-5-6-24(18-23(22)8-10-30-37-13-11-29(39-30)25-4-3-12-36-20-25)31(42)38-27-9-7-26(28(19-27)32(33,34)35)21-41-16-14-40(2)15-17-41/h5-7,9,11,13,18-19,25,36H,3-4,12,14-17,20-21H2,1-2H3,(H,38,42). The predicted octanol–water partition coefficient (Wildman–Crippen LogP) is 4.67. The summed E-state index contributed by atoms with van der Waals surface area (Å²) < 4.78 is 42.0. The Morgan fingerprint density at radius 3 is 2.64 bits per heavy atom. The van der Waals surface area contributed by atoms with Crippen molar-refractivity contribution in [1.29, 1.82) is 0 Å². The summed E-state index contributed by atoms with van der Waals surface area (Å²) in [6, 6.07) is 11.0. The molecule has 3 heterocycles. The monoisotopic (exact) mass is 576 g/mol. The van der Waals surface area contributed by atoms with E-state index in [0.29, 0.717) is 36.0 Å². The Bertz CT molecular complexity index is 1480. The molecule has 2 saturated heterocycles. The number of hydrogen-bond acceptors (Lipinski definition) is 6. The molecule has 0 spiro atoms. The average molecular weight is 577 g/mol. The summed E-state index contributed by atoms with van der Waals surface area (Å²) in [6.07, 6.45) is -0.663. The molecule has 7 nitrogen and oxygen atoms in total. The van der Waals surface area contributed by atoms with Crippen LogP contribution < -0.4 is 10.6 Å². The molecule has 10 heteroatoms. The van der Waals surface area contributed by atoms with Crippen molar-refractivity contribution in [3.05, 3.63) is 88.0 Å². The molecule has 0 radical (unpaired) electrons. The lowest BCUT2D eigenvalue weighted by Gasteiger charge is -2.33. The molecule has 0 bridgehead atoms. The molecule has 220 valence electrons. The minimum Gasteiger partial charge on any atom is -0.322 e. The molecule has 0 aliphatic carbocycles. The Morgan fingerprint density at radius 1 is 1.10 bits per heavy atom. The number of aryl methyl sites for hydroxylation is 1. The predicted molar refractivity (Wildman–Crippen MR) is 156 cm³/mol. The van der Waals surface area contributed by atoms with Gasteiger partial charge in [0.1, 0.15) is 0 Å². The fraction of sp³-hybridized carbons (Fsp3) is 0.406. The molecule has 1 atom stereocenters. The van der Waals surface area contributed by atoms with Crippen molar-refractivity contribution in [2.24, 2.45) is 0 Å². The van der Waals surface area contributed by atoms with Gasteiger partial charge in [0, 0.05) is 73.9 Å². The molecular formula is C32H35F3N6O. The van der Waals surface area contributed by atoms with Gasteiger partial charge in [-0.1, -0.05) is 18.1 Å². The SMILES string of the molecule is Cc1ccc(C(=O)Nc2ccc(CN3CCN(C)CC3)c(C(F)(F)F)c2)cc1C#Cc1nccc(C2CCCNC2)n1. The molecule has 2 aliphatic heterocycles. The lowest BCUT2D eigenvalue weighted by molar-refractivity contribution is -0.138. The first-order chi connectivity index (χ1) is 20.2. The maximum absolute atomic E-state index is 14.0. The van der Waals surface area contributed by atoms with E-state index in [1.807, 2.05) is 24.9 Å². The van der Waals surface area contributed by atoms with Crippen LogP contribution in [0.25, 0.3) is 0 Å². The van der Waals surface area contributed by atoms with Crippen molar-refractivity contribution in [3.63, 3.8) is 0 Å². The highest BCUT2D eigenvalue weighted by molar-refractivity contribution is 6.04. The molecule has 42 heavy (non-hydrogen) atoms. The minimum absolute atomic E-state index is 0.0880. The van der Waals surface area contributed by atoms with Crippen LogP contribution in [0.5, 0.6) is 0 Å². The highest BCUT2D eigenvalue weighted by Gasteiger charge is 2.34. The number of carbonyl (C=O) groups excluding carboxylic acids is 1. The average Bonchev–Trinajstić information content (AvgIpc) is 2.98. The van der Waals surface area contributed by atoms with Gasteiger partial charge in [-0.05, 0) is 80.7 Å². The van der Waals surface area contributed by atoms with Gasteiger partial charge in [0.25, 0.3) is 5.91 Å². The number of aromatic nitrogens is 2. The van der Waals surface area contributed by atoms with Gasteiger partial charge in [0.05, 0.1) is 5.56 Å². The zero-order chi connectivity index (χ0) is 29.7. The summed E-state index contributed by atoms with van der Waals surface area (Å²) in [6.45, 7) is 7.03. The maximum atomic E-state index is 14.0. The van der Waals surface area contributed by atoms with Gasteiger partial charge in [-0.25, -0.2) is 9.97 Å². The molecule has 1 aromatic heterocycles. The fourth-order valence-electron chi connectivity index (χ4n) is 5.29. The van der Waals surface area contributed by atoms with Gasteiger partial charge >= 0.3 is 6.18 Å². The zero-order valence-corrected chi connectivity index (χ0v) is 23.9. The van der Waals surface area contributed by atoms with Crippen LogP contribution in [0.4, 0.5) is 18.9 Å². The van der Waals surface area contributed by atoms with E-state index in [4.69, 9.17) is 0 Å². The van der Waals surface area contributed by atoms with Crippen LogP contribution in [-0.2, 0) is 12.7 Å². The number of halogens is 3. The van der Waals surface area contributed by atoms with E-state index in [-0.39, 0.29) is 17.8 Å². The van der Waals surface area contributed by atoms with E-state index in [1.165, 1.54) is 12.1 Å². The van der Waals surface area contributed by atoms with Crippen LogP contribution >= 0.6 is 0 Å². The first-order valence-corrected chi connectivity index (χ1v) is 14.2. The Balaban J connectivity index is 1.31. The molecule has 3 aromatic rings. The maximum Gasteiger partial charge on any atom is 0.416 e. The van der Waals surface area contributed by atoms with Crippen LogP contribution in [0.3, 0.4) is 0 Å². The summed E-state index contributed by atoms with van der Waals surface area (Å²) in [5.41, 5.74) is 2.28. The molecule has 2 N–H and O–H groups in total. The van der Waals surface area contributed by atoms with Crippen LogP contribution in [0.1, 0.15) is 62.9 Å². The van der Waals surface area contributed by atoms with E-state index in [9.17, 15) is 18.0 Å². The second-order valence-electron chi connectivity index (χ2n) is 11.0.